The second kappa shape index (κ2) is 16.4. The first-order chi connectivity index (χ1) is 29.9. The standard InChI is InChI=1S/C41H30N3O2.C14H16NSi.Ir/c1-24-14-17-31(38-37(24)30-20-21-32(43-40(30)46-38)25-10-6-5-7-11-25)39-42-33-12-8-9-13-34(33)44(39)27-16-19-29-28-18-15-26(41(2,3)4)22-35(28)45-36(29)23-27;1-16(2,3)13-9-10-14(15-11-13)12-7-5-4-6-8-12;/h5-16,18-23H,1-4H3;4-7,9-11H,1-3H3;/q2*-1;. The molecule has 63 heavy (non-hydrogen) atoms. The number of imidazole rings is 1. The maximum atomic E-state index is 6.60. The summed E-state index contributed by atoms with van der Waals surface area (Å²) in [5, 5.41) is 5.60. The van der Waals surface area contributed by atoms with Gasteiger partial charge in [0.15, 0.2) is 0 Å². The Balaban J connectivity index is 0.000000251. The van der Waals surface area contributed by atoms with Crippen LogP contribution in [0.4, 0.5) is 0 Å². The summed E-state index contributed by atoms with van der Waals surface area (Å²) in [5.74, 6) is 0.749. The van der Waals surface area contributed by atoms with Gasteiger partial charge in [0.2, 0.25) is 5.71 Å². The fourth-order valence-corrected chi connectivity index (χ4v) is 9.21. The number of furan rings is 2. The summed E-state index contributed by atoms with van der Waals surface area (Å²) in [6.45, 7) is 15.8. The number of pyridine rings is 2. The normalized spacial score (nSPS) is 11.9. The molecular formula is C55H46IrN4O2Si-2. The minimum atomic E-state index is -1.23. The molecule has 0 bridgehead atoms. The van der Waals surface area contributed by atoms with Gasteiger partial charge in [-0.1, -0.05) is 125 Å². The molecule has 11 aromatic rings. The third kappa shape index (κ3) is 7.84. The number of para-hydroxylation sites is 2. The van der Waals surface area contributed by atoms with Gasteiger partial charge in [-0.05, 0) is 64.3 Å². The molecule has 0 aliphatic rings. The molecule has 1 radical (unpaired) electrons. The fraction of sp³-hybridized carbons (Fsp3) is 0.145. The number of aromatic nitrogens is 4. The van der Waals surface area contributed by atoms with Gasteiger partial charge >= 0.3 is 0 Å². The molecule has 0 saturated carbocycles. The summed E-state index contributed by atoms with van der Waals surface area (Å²) in [5.41, 5.74) is 13.0. The van der Waals surface area contributed by atoms with Crippen molar-refractivity contribution in [2.24, 2.45) is 0 Å². The molecule has 0 spiro atoms. The van der Waals surface area contributed by atoms with E-state index in [2.05, 4.69) is 148 Å². The molecule has 0 saturated heterocycles. The molecule has 5 aromatic heterocycles. The summed E-state index contributed by atoms with van der Waals surface area (Å²) in [4.78, 5) is 14.6. The molecule has 0 aliphatic carbocycles. The van der Waals surface area contributed by atoms with Crippen LogP contribution in [0.25, 0.3) is 94.6 Å². The van der Waals surface area contributed by atoms with Crippen LogP contribution in [-0.4, -0.2) is 27.6 Å². The van der Waals surface area contributed by atoms with Crippen LogP contribution in [0.3, 0.4) is 0 Å². The zero-order chi connectivity index (χ0) is 42.8. The summed E-state index contributed by atoms with van der Waals surface area (Å²) in [7, 11) is -1.23. The molecule has 313 valence electrons. The summed E-state index contributed by atoms with van der Waals surface area (Å²) < 4.78 is 15.3. The van der Waals surface area contributed by atoms with E-state index in [-0.39, 0.29) is 25.5 Å². The van der Waals surface area contributed by atoms with Crippen molar-refractivity contribution in [2.45, 2.75) is 52.8 Å². The topological polar surface area (TPSA) is 69.9 Å². The third-order valence-corrected chi connectivity index (χ3v) is 13.7. The number of hydrogen-bond acceptors (Lipinski definition) is 5. The molecule has 0 unspecified atom stereocenters. The van der Waals surface area contributed by atoms with Crippen molar-refractivity contribution in [3.8, 4) is 39.6 Å². The van der Waals surface area contributed by atoms with Gasteiger partial charge in [0.1, 0.15) is 11.2 Å². The quantitative estimate of drug-likeness (QED) is 0.127. The minimum Gasteiger partial charge on any atom is -0.486 e. The van der Waals surface area contributed by atoms with Crippen LogP contribution in [0.1, 0.15) is 31.9 Å². The summed E-state index contributed by atoms with van der Waals surface area (Å²) in [6, 6.07) is 56.5. The monoisotopic (exact) mass is 1020 g/mol. The van der Waals surface area contributed by atoms with Crippen molar-refractivity contribution in [3.63, 3.8) is 0 Å². The summed E-state index contributed by atoms with van der Waals surface area (Å²) in [6.07, 6.45) is 2.02. The van der Waals surface area contributed by atoms with Gasteiger partial charge in [0.05, 0.1) is 36.2 Å². The Morgan fingerprint density at radius 3 is 2.11 bits per heavy atom. The number of hydrogen-bond donors (Lipinski definition) is 0. The first kappa shape index (κ1) is 41.9. The van der Waals surface area contributed by atoms with Crippen LogP contribution >= 0.6 is 0 Å². The Morgan fingerprint density at radius 1 is 0.667 bits per heavy atom. The number of rotatable bonds is 5. The minimum absolute atomic E-state index is 0. The van der Waals surface area contributed by atoms with Crippen LogP contribution in [0.2, 0.25) is 19.6 Å². The molecule has 0 atom stereocenters. The van der Waals surface area contributed by atoms with Crippen LogP contribution in [0, 0.1) is 19.1 Å². The van der Waals surface area contributed by atoms with Crippen molar-refractivity contribution < 1.29 is 28.9 Å². The molecule has 5 heterocycles. The Hall–Kier alpha value is -6.44. The number of benzene rings is 6. The molecule has 0 fully saturated rings. The third-order valence-electron chi connectivity index (χ3n) is 11.7. The van der Waals surface area contributed by atoms with Crippen LogP contribution in [0.15, 0.2) is 161 Å². The van der Waals surface area contributed by atoms with Crippen molar-refractivity contribution in [2.75, 3.05) is 0 Å². The Kier molecular flexibility index (Phi) is 10.9. The molecular weight excluding hydrogens is 969 g/mol. The zero-order valence-corrected chi connectivity index (χ0v) is 39.8. The molecule has 11 rings (SSSR count). The smallest absolute Gasteiger partial charge is 0.216 e. The van der Waals surface area contributed by atoms with Crippen LogP contribution in [-0.2, 0) is 25.5 Å². The fourth-order valence-electron chi connectivity index (χ4n) is 8.18. The van der Waals surface area contributed by atoms with E-state index in [1.807, 2.05) is 72.9 Å². The molecule has 0 N–H and O–H groups in total. The van der Waals surface area contributed by atoms with E-state index in [0.29, 0.717) is 5.71 Å². The van der Waals surface area contributed by atoms with E-state index in [9.17, 15) is 0 Å². The zero-order valence-electron chi connectivity index (χ0n) is 36.4. The van der Waals surface area contributed by atoms with Gasteiger partial charge in [-0.15, -0.1) is 53.6 Å². The Labute approximate surface area is 382 Å². The Bertz CT molecular complexity index is 3430. The Morgan fingerprint density at radius 2 is 1.38 bits per heavy atom. The van der Waals surface area contributed by atoms with E-state index < -0.39 is 8.07 Å². The number of aryl methyl sites for hydroxylation is 1. The molecule has 0 amide bonds. The predicted octanol–water partition coefficient (Wildman–Crippen LogP) is 14.1. The molecule has 0 aliphatic heterocycles. The second-order valence-electron chi connectivity index (χ2n) is 18.0. The molecule has 6 nitrogen and oxygen atoms in total. The average Bonchev–Trinajstić information content (AvgIpc) is 3.98. The number of nitrogens with zero attached hydrogens (tertiary/aromatic N) is 4. The first-order valence-corrected chi connectivity index (χ1v) is 24.6. The van der Waals surface area contributed by atoms with E-state index in [1.54, 1.807) is 0 Å². The van der Waals surface area contributed by atoms with E-state index >= 15 is 0 Å². The number of fused-ring (bicyclic) bond motifs is 7. The van der Waals surface area contributed by atoms with Crippen molar-refractivity contribution in [3.05, 3.63) is 175 Å². The van der Waals surface area contributed by atoms with Gasteiger partial charge in [-0.3, -0.25) is 4.98 Å². The van der Waals surface area contributed by atoms with Crippen molar-refractivity contribution in [1.82, 2.24) is 19.5 Å². The maximum absolute atomic E-state index is 6.60. The van der Waals surface area contributed by atoms with Crippen LogP contribution < -0.4 is 5.19 Å². The van der Waals surface area contributed by atoms with Gasteiger partial charge in [0, 0.05) is 59.8 Å². The molecule has 6 aromatic carbocycles. The predicted molar refractivity (Wildman–Crippen MR) is 258 cm³/mol. The van der Waals surface area contributed by atoms with Gasteiger partial charge in [-0.2, -0.15) is 0 Å². The summed E-state index contributed by atoms with van der Waals surface area (Å²) >= 11 is 0. The van der Waals surface area contributed by atoms with Crippen LogP contribution in [0.5, 0.6) is 0 Å². The van der Waals surface area contributed by atoms with E-state index in [1.165, 1.54) is 10.8 Å². The molecule has 8 heteroatoms. The van der Waals surface area contributed by atoms with E-state index in [0.717, 1.165) is 94.5 Å². The van der Waals surface area contributed by atoms with Gasteiger partial charge in [-0.25, -0.2) is 4.98 Å². The van der Waals surface area contributed by atoms with Crippen molar-refractivity contribution >= 4 is 68.3 Å². The second-order valence-corrected chi connectivity index (χ2v) is 23.1. The maximum Gasteiger partial charge on any atom is 0.216 e. The van der Waals surface area contributed by atoms with E-state index in [4.69, 9.17) is 18.8 Å². The first-order valence-electron chi connectivity index (χ1n) is 21.1. The van der Waals surface area contributed by atoms with Gasteiger partial charge in [0.25, 0.3) is 0 Å². The largest absolute Gasteiger partial charge is 0.486 e. The van der Waals surface area contributed by atoms with Gasteiger partial charge < -0.3 is 18.4 Å². The average molecular weight is 1020 g/mol. The SMILES string of the molecule is C[Si](C)(C)c1ccc(-c2[c-]cccc2)nc1.Cc1c[c-]c(-c2nc3ccccc3n2-c2ccc3c(c2)oc2cc(C(C)(C)C)ccc23)c2oc3nc(-c4ccccc4)ccc3c12.[Ir]. The van der Waals surface area contributed by atoms with Crippen molar-refractivity contribution in [1.29, 1.82) is 0 Å².